The van der Waals surface area contributed by atoms with Crippen LogP contribution in [0.15, 0.2) is 23.3 Å². The minimum Gasteiger partial charge on any atom is -0.357 e. The number of hydrogen-bond acceptors (Lipinski definition) is 2. The molecule has 0 spiro atoms. The normalized spacial score (nSPS) is 10.9. The minimum atomic E-state index is 0. The van der Waals surface area contributed by atoms with Crippen LogP contribution in [0.3, 0.4) is 0 Å². The van der Waals surface area contributed by atoms with Gasteiger partial charge < -0.3 is 10.6 Å². The molecule has 1 rings (SSSR count). The molecule has 0 atom stereocenters. The van der Waals surface area contributed by atoms with Gasteiger partial charge in [-0.25, -0.2) is 4.99 Å². The maximum Gasteiger partial charge on any atom is 0.191 e. The zero-order valence-electron chi connectivity index (χ0n) is 13.5. The molecule has 1 aromatic rings. The van der Waals surface area contributed by atoms with Crippen LogP contribution in [0.2, 0.25) is 0 Å². The van der Waals surface area contributed by atoms with Crippen molar-refractivity contribution in [1.29, 1.82) is 0 Å². The van der Waals surface area contributed by atoms with Crippen LogP contribution in [-0.2, 0) is 6.54 Å². The van der Waals surface area contributed by atoms with Crippen molar-refractivity contribution in [2.24, 2.45) is 4.99 Å². The number of aromatic nitrogens is 1. The molecule has 5 heteroatoms. The lowest BCUT2D eigenvalue weighted by Crippen LogP contribution is -2.37. The Balaban J connectivity index is 0.00000400. The Labute approximate surface area is 146 Å². The fourth-order valence-electron chi connectivity index (χ4n) is 1.94. The Hall–Kier alpha value is -0.850. The minimum absolute atomic E-state index is 0. The fraction of sp³-hybridized carbons (Fsp3) is 0.625. The molecule has 1 heterocycles. The van der Waals surface area contributed by atoms with Gasteiger partial charge in [-0.05, 0) is 31.9 Å². The van der Waals surface area contributed by atoms with Gasteiger partial charge in [0.15, 0.2) is 5.96 Å². The Morgan fingerprint density at radius 1 is 1.19 bits per heavy atom. The molecule has 4 nitrogen and oxygen atoms in total. The molecular formula is C16H29IN4. The molecule has 120 valence electrons. The second-order valence-electron chi connectivity index (χ2n) is 4.95. The Morgan fingerprint density at radius 3 is 2.67 bits per heavy atom. The molecule has 0 aromatic carbocycles. The Kier molecular flexibility index (Phi) is 12.3. The van der Waals surface area contributed by atoms with Crippen LogP contribution in [0.1, 0.15) is 50.8 Å². The average molecular weight is 404 g/mol. The largest absolute Gasteiger partial charge is 0.357 e. The lowest BCUT2D eigenvalue weighted by molar-refractivity contribution is 0.647. The number of halogens is 1. The highest BCUT2D eigenvalue weighted by Gasteiger charge is 2.00. The smallest absolute Gasteiger partial charge is 0.191 e. The van der Waals surface area contributed by atoms with E-state index >= 15 is 0 Å². The van der Waals surface area contributed by atoms with E-state index in [0.29, 0.717) is 6.54 Å². The van der Waals surface area contributed by atoms with Crippen molar-refractivity contribution < 1.29 is 0 Å². The molecule has 0 amide bonds. The Morgan fingerprint density at radius 2 is 2.00 bits per heavy atom. The summed E-state index contributed by atoms with van der Waals surface area (Å²) in [6.45, 7) is 8.86. The molecule has 0 aliphatic heterocycles. The van der Waals surface area contributed by atoms with Crippen LogP contribution in [0.5, 0.6) is 0 Å². The summed E-state index contributed by atoms with van der Waals surface area (Å²) >= 11 is 0. The van der Waals surface area contributed by atoms with Crippen molar-refractivity contribution in [3.63, 3.8) is 0 Å². The van der Waals surface area contributed by atoms with E-state index in [2.05, 4.69) is 47.4 Å². The summed E-state index contributed by atoms with van der Waals surface area (Å²) in [4.78, 5) is 8.96. The maximum atomic E-state index is 4.59. The number of nitrogens with zero attached hydrogens (tertiary/aromatic N) is 2. The number of hydrogen-bond donors (Lipinski definition) is 2. The molecule has 0 bridgehead atoms. The molecule has 0 radical (unpaired) electrons. The summed E-state index contributed by atoms with van der Waals surface area (Å²) in [6, 6.07) is 4.03. The van der Waals surface area contributed by atoms with Gasteiger partial charge in [0.05, 0.1) is 12.2 Å². The molecule has 0 fully saturated rings. The van der Waals surface area contributed by atoms with E-state index in [0.717, 1.165) is 24.7 Å². The second-order valence-corrected chi connectivity index (χ2v) is 4.95. The van der Waals surface area contributed by atoms with Gasteiger partial charge >= 0.3 is 0 Å². The van der Waals surface area contributed by atoms with Gasteiger partial charge in [-0.15, -0.1) is 24.0 Å². The average Bonchev–Trinajstić information content (AvgIpc) is 2.46. The molecule has 0 saturated carbocycles. The third kappa shape index (κ3) is 8.90. The SMILES string of the molecule is CCCCCCNC(=NCc1ncccc1C)NCC.I. The van der Waals surface area contributed by atoms with Gasteiger partial charge in [-0.1, -0.05) is 32.3 Å². The van der Waals surface area contributed by atoms with E-state index in [-0.39, 0.29) is 24.0 Å². The highest BCUT2D eigenvalue weighted by Crippen LogP contribution is 2.04. The van der Waals surface area contributed by atoms with Crippen LogP contribution < -0.4 is 10.6 Å². The summed E-state index contributed by atoms with van der Waals surface area (Å²) in [5, 5.41) is 6.65. The standard InChI is InChI=1S/C16H28N4.HI/c1-4-6-7-8-11-19-16(17-5-2)20-13-15-14(3)10-9-12-18-15;/h9-10,12H,4-8,11,13H2,1-3H3,(H2,17,19,20);1H. The first-order chi connectivity index (χ1) is 9.77. The number of nitrogens with one attached hydrogen (secondary N) is 2. The van der Waals surface area contributed by atoms with E-state index in [1.807, 2.05) is 12.3 Å². The molecule has 0 saturated heterocycles. The number of aliphatic imine (C=N–C) groups is 1. The van der Waals surface area contributed by atoms with Crippen molar-refractivity contribution >= 4 is 29.9 Å². The van der Waals surface area contributed by atoms with E-state index < -0.39 is 0 Å². The van der Waals surface area contributed by atoms with Gasteiger partial charge in [0.25, 0.3) is 0 Å². The third-order valence-corrected chi connectivity index (χ3v) is 3.17. The first-order valence-corrected chi connectivity index (χ1v) is 7.70. The lowest BCUT2D eigenvalue weighted by atomic mass is 10.2. The lowest BCUT2D eigenvalue weighted by Gasteiger charge is -2.11. The van der Waals surface area contributed by atoms with Gasteiger partial charge in [0, 0.05) is 19.3 Å². The highest BCUT2D eigenvalue weighted by molar-refractivity contribution is 14.0. The van der Waals surface area contributed by atoms with Crippen molar-refractivity contribution in [3.05, 3.63) is 29.6 Å². The zero-order valence-corrected chi connectivity index (χ0v) is 15.8. The van der Waals surface area contributed by atoms with Crippen molar-refractivity contribution in [2.45, 2.75) is 53.0 Å². The first kappa shape index (κ1) is 20.1. The third-order valence-electron chi connectivity index (χ3n) is 3.17. The fourth-order valence-corrected chi connectivity index (χ4v) is 1.94. The summed E-state index contributed by atoms with van der Waals surface area (Å²) < 4.78 is 0. The predicted molar refractivity (Wildman–Crippen MR) is 101 cm³/mol. The van der Waals surface area contributed by atoms with Gasteiger partial charge in [0.1, 0.15) is 0 Å². The molecule has 0 aliphatic carbocycles. The zero-order chi connectivity index (χ0) is 14.6. The molecule has 0 unspecified atom stereocenters. The molecule has 2 N–H and O–H groups in total. The van der Waals surface area contributed by atoms with E-state index in [1.54, 1.807) is 0 Å². The van der Waals surface area contributed by atoms with Crippen LogP contribution in [0.25, 0.3) is 0 Å². The van der Waals surface area contributed by atoms with E-state index in [4.69, 9.17) is 0 Å². The highest BCUT2D eigenvalue weighted by atomic mass is 127. The molecule has 21 heavy (non-hydrogen) atoms. The molecular weight excluding hydrogens is 375 g/mol. The topological polar surface area (TPSA) is 49.3 Å². The second kappa shape index (κ2) is 12.9. The maximum absolute atomic E-state index is 4.59. The van der Waals surface area contributed by atoms with E-state index in [9.17, 15) is 0 Å². The van der Waals surface area contributed by atoms with Gasteiger partial charge in [-0.2, -0.15) is 0 Å². The number of unbranched alkanes of at least 4 members (excludes halogenated alkanes) is 3. The van der Waals surface area contributed by atoms with Crippen LogP contribution in [0.4, 0.5) is 0 Å². The number of guanidine groups is 1. The van der Waals surface area contributed by atoms with Gasteiger partial charge in [-0.3, -0.25) is 4.98 Å². The van der Waals surface area contributed by atoms with Crippen LogP contribution in [-0.4, -0.2) is 24.0 Å². The summed E-state index contributed by atoms with van der Waals surface area (Å²) in [5.74, 6) is 0.883. The van der Waals surface area contributed by atoms with Crippen LogP contribution >= 0.6 is 24.0 Å². The number of aryl methyl sites for hydroxylation is 1. The number of pyridine rings is 1. The van der Waals surface area contributed by atoms with Crippen molar-refractivity contribution in [1.82, 2.24) is 15.6 Å². The molecule has 0 aliphatic rings. The van der Waals surface area contributed by atoms with Crippen molar-refractivity contribution in [3.8, 4) is 0 Å². The van der Waals surface area contributed by atoms with Crippen LogP contribution in [0, 0.1) is 6.92 Å². The monoisotopic (exact) mass is 404 g/mol. The summed E-state index contributed by atoms with van der Waals surface area (Å²) in [7, 11) is 0. The Bertz CT molecular complexity index is 407. The summed E-state index contributed by atoms with van der Waals surface area (Å²) in [5.41, 5.74) is 2.23. The predicted octanol–water partition coefficient (Wildman–Crippen LogP) is 3.64. The quantitative estimate of drug-likeness (QED) is 0.301. The first-order valence-electron chi connectivity index (χ1n) is 7.70. The van der Waals surface area contributed by atoms with Crippen molar-refractivity contribution in [2.75, 3.05) is 13.1 Å². The summed E-state index contributed by atoms with van der Waals surface area (Å²) in [6.07, 6.45) is 6.88. The van der Waals surface area contributed by atoms with Gasteiger partial charge in [0.2, 0.25) is 0 Å². The van der Waals surface area contributed by atoms with E-state index in [1.165, 1.54) is 31.2 Å². The molecule has 1 aromatic heterocycles. The number of rotatable bonds is 8.